The minimum Gasteiger partial charge on any atom is -0.495 e. The zero-order valence-corrected chi connectivity index (χ0v) is 47.2. The molecule has 0 aromatic heterocycles. The van der Waals surface area contributed by atoms with Gasteiger partial charge in [0.05, 0.1) is 105 Å². The van der Waals surface area contributed by atoms with Gasteiger partial charge in [0.2, 0.25) is 0 Å². The maximum atomic E-state index is 13.2. The number of allylic oxidation sites excluding steroid dienone is 1. The summed E-state index contributed by atoms with van der Waals surface area (Å²) in [5.74, 6) is -0.202. The Kier molecular flexibility index (Phi) is 20.4. The molecular weight excluding hydrogens is 1020 g/mol. The molecule has 3 aliphatic heterocycles. The summed E-state index contributed by atoms with van der Waals surface area (Å²) in [6.07, 6.45) is 4.86. The third-order valence-corrected chi connectivity index (χ3v) is 15.7. The second kappa shape index (κ2) is 27.9. The van der Waals surface area contributed by atoms with Crippen LogP contribution < -0.4 is 19.3 Å². The number of piperidine rings is 1. The molecule has 3 heterocycles. The van der Waals surface area contributed by atoms with E-state index in [4.69, 9.17) is 47.4 Å². The number of esters is 1. The van der Waals surface area contributed by atoms with E-state index in [2.05, 4.69) is 121 Å². The van der Waals surface area contributed by atoms with Crippen molar-refractivity contribution in [3.63, 3.8) is 0 Å². The molecule has 15 nitrogen and oxygen atoms in total. The molecular formula is C65H80N2O13. The van der Waals surface area contributed by atoms with Gasteiger partial charge < -0.3 is 62.3 Å². The van der Waals surface area contributed by atoms with E-state index in [1.807, 2.05) is 6.92 Å². The molecule has 0 spiro atoms. The summed E-state index contributed by atoms with van der Waals surface area (Å²) in [7, 11) is 1.67. The van der Waals surface area contributed by atoms with Crippen LogP contribution in [0.4, 0.5) is 11.4 Å². The molecule has 0 saturated carbocycles. The van der Waals surface area contributed by atoms with E-state index < -0.39 is 11.6 Å². The Morgan fingerprint density at radius 1 is 0.750 bits per heavy atom. The molecule has 1 aliphatic carbocycles. The number of aliphatic carboxylic acids is 1. The number of nitrogens with zero attached hydrogens (tertiary/aromatic N) is 2. The molecule has 9 rings (SSSR count). The van der Waals surface area contributed by atoms with Crippen molar-refractivity contribution in [2.24, 2.45) is 5.92 Å². The summed E-state index contributed by atoms with van der Waals surface area (Å²) < 4.78 is 58.5. The van der Waals surface area contributed by atoms with Crippen molar-refractivity contribution >= 4 is 34.1 Å². The molecule has 15 heteroatoms. The fourth-order valence-electron chi connectivity index (χ4n) is 12.0. The molecule has 2 fully saturated rings. The molecule has 2 unspecified atom stereocenters. The third kappa shape index (κ3) is 13.7. The van der Waals surface area contributed by atoms with E-state index in [9.17, 15) is 14.7 Å². The van der Waals surface area contributed by atoms with Crippen LogP contribution in [-0.4, -0.2) is 143 Å². The van der Waals surface area contributed by atoms with Gasteiger partial charge in [0.25, 0.3) is 0 Å². The number of hydrogen-bond donors (Lipinski definition) is 1. The van der Waals surface area contributed by atoms with Gasteiger partial charge in [0, 0.05) is 65.8 Å². The number of ether oxygens (including phenoxy) is 10. The number of carboxylic acids is 1. The lowest BCUT2D eigenvalue weighted by atomic mass is 9.74. The predicted molar refractivity (Wildman–Crippen MR) is 309 cm³/mol. The van der Waals surface area contributed by atoms with E-state index in [0.717, 1.165) is 77.7 Å². The molecule has 0 amide bonds. The van der Waals surface area contributed by atoms with Crippen LogP contribution in [0.25, 0.3) is 21.9 Å². The second-order valence-electron chi connectivity index (χ2n) is 21.5. The summed E-state index contributed by atoms with van der Waals surface area (Å²) in [4.78, 5) is 30.4. The molecule has 428 valence electrons. The van der Waals surface area contributed by atoms with E-state index in [1.54, 1.807) is 7.11 Å². The third-order valence-electron chi connectivity index (χ3n) is 15.7. The van der Waals surface area contributed by atoms with Crippen LogP contribution in [0.15, 0.2) is 115 Å². The summed E-state index contributed by atoms with van der Waals surface area (Å²) in [5.41, 5.74) is 10.6. The fourth-order valence-corrected chi connectivity index (χ4v) is 12.0. The van der Waals surface area contributed by atoms with Crippen LogP contribution in [0, 0.1) is 5.92 Å². The van der Waals surface area contributed by atoms with E-state index >= 15 is 0 Å². The first-order chi connectivity index (χ1) is 39.0. The Bertz CT molecular complexity index is 2920. The molecule has 4 aliphatic rings. The highest BCUT2D eigenvalue weighted by atomic mass is 16.6. The highest BCUT2D eigenvalue weighted by molar-refractivity contribution is 6.09. The lowest BCUT2D eigenvalue weighted by Crippen LogP contribution is -2.39. The Morgan fingerprint density at radius 2 is 1.36 bits per heavy atom. The van der Waals surface area contributed by atoms with Crippen LogP contribution in [0.1, 0.15) is 80.7 Å². The largest absolute Gasteiger partial charge is 0.495 e. The monoisotopic (exact) mass is 1100 g/mol. The zero-order valence-electron chi connectivity index (χ0n) is 47.2. The molecule has 2 saturated heterocycles. The van der Waals surface area contributed by atoms with Gasteiger partial charge >= 0.3 is 11.9 Å². The fraction of sp³-hybridized carbons (Fsp3) is 0.477. The van der Waals surface area contributed by atoms with Crippen LogP contribution in [-0.2, 0) is 64.9 Å². The second-order valence-corrected chi connectivity index (χ2v) is 21.5. The standard InChI is InChI=1S/C65H80N2O13/c1-46(2)45-78-39-38-76-35-34-74-31-30-73-32-33-75-36-37-77-40-41-79-60(70)22-17-47-12-11-25-67(56(47)44-59(68)69)57-42-53-54(43-58(57)71-5)63-52(62-61(53)51-15-9-10-16-55(51)64(62,3)4)23-24-65(80-63,48-13-7-6-8-14-48)49-18-20-50(21-19-49)66-26-28-72-29-27-66/h6-10,13-16,18-21,42-44,47H,1,11-12,17,22-41,45H2,2-5H3,(H,68,69)/b56-44-. The quantitative estimate of drug-likeness (QED) is 0.0209. The number of carboxylic acid groups (broad SMARTS) is 1. The molecule has 0 bridgehead atoms. The first kappa shape index (κ1) is 58.4. The zero-order chi connectivity index (χ0) is 55.9. The molecule has 0 radical (unpaired) electrons. The number of fused-ring (bicyclic) bond motifs is 8. The lowest BCUT2D eigenvalue weighted by Gasteiger charge is -2.42. The lowest BCUT2D eigenvalue weighted by molar-refractivity contribution is -0.145. The van der Waals surface area contributed by atoms with E-state index in [0.29, 0.717) is 110 Å². The Morgan fingerprint density at radius 3 is 2.00 bits per heavy atom. The number of hydrogen-bond acceptors (Lipinski definition) is 14. The normalized spacial score (nSPS) is 18.9. The van der Waals surface area contributed by atoms with Crippen LogP contribution in [0.5, 0.6) is 11.5 Å². The van der Waals surface area contributed by atoms with Gasteiger partial charge in [0.15, 0.2) is 5.60 Å². The topological polar surface area (TPSA) is 153 Å². The molecule has 1 N–H and O–H groups in total. The van der Waals surface area contributed by atoms with Gasteiger partial charge in [-0.2, -0.15) is 0 Å². The number of rotatable bonds is 29. The Labute approximate surface area is 471 Å². The smallest absolute Gasteiger partial charge is 0.330 e. The van der Waals surface area contributed by atoms with Gasteiger partial charge in [-0.05, 0) is 102 Å². The van der Waals surface area contributed by atoms with Crippen molar-refractivity contribution < 1.29 is 62.1 Å². The van der Waals surface area contributed by atoms with Gasteiger partial charge in [0.1, 0.15) is 18.1 Å². The van der Waals surface area contributed by atoms with Crippen molar-refractivity contribution in [1.29, 1.82) is 0 Å². The maximum Gasteiger partial charge on any atom is 0.330 e. The van der Waals surface area contributed by atoms with Gasteiger partial charge in [-0.1, -0.05) is 92.7 Å². The van der Waals surface area contributed by atoms with E-state index in [-0.39, 0.29) is 36.9 Å². The van der Waals surface area contributed by atoms with Gasteiger partial charge in [-0.15, -0.1) is 0 Å². The molecule has 80 heavy (non-hydrogen) atoms. The van der Waals surface area contributed by atoms with Crippen molar-refractivity contribution in [3.8, 4) is 22.6 Å². The van der Waals surface area contributed by atoms with Gasteiger partial charge in [-0.3, -0.25) is 4.79 Å². The Balaban J connectivity index is 0.861. The summed E-state index contributed by atoms with van der Waals surface area (Å²) in [6, 6.07) is 32.5. The predicted octanol–water partition coefficient (Wildman–Crippen LogP) is 10.4. The van der Waals surface area contributed by atoms with Gasteiger partial charge in [-0.25, -0.2) is 4.79 Å². The average molecular weight is 1100 g/mol. The molecule has 5 aromatic carbocycles. The van der Waals surface area contributed by atoms with E-state index in [1.165, 1.54) is 39.6 Å². The maximum absolute atomic E-state index is 13.2. The van der Waals surface area contributed by atoms with Crippen LogP contribution in [0.3, 0.4) is 0 Å². The number of benzene rings is 5. The highest BCUT2D eigenvalue weighted by Crippen LogP contribution is 2.60. The number of carbonyl (C=O) groups is 2. The first-order valence-electron chi connectivity index (χ1n) is 28.5. The SMILES string of the molecule is C=C(C)COCCOCCOCCOCCOCCOCCOC(=O)CCC1CCCN(c2cc3c4c(c5c(c3cc2OC)OC(c2ccccc2)(c2ccc(N3CCOCC3)cc2)CC5)C(C)(C)c2ccccc2-4)/C1=C\C(=O)O. The average Bonchev–Trinajstić information content (AvgIpc) is 3.89. The van der Waals surface area contributed by atoms with Crippen molar-refractivity contribution in [2.75, 3.05) is 136 Å². The highest BCUT2D eigenvalue weighted by Gasteiger charge is 2.47. The van der Waals surface area contributed by atoms with Crippen molar-refractivity contribution in [2.45, 2.75) is 70.3 Å². The minimum absolute atomic E-state index is 0.101. The van der Waals surface area contributed by atoms with Crippen LogP contribution in [0.2, 0.25) is 0 Å². The van der Waals surface area contributed by atoms with Crippen molar-refractivity contribution in [3.05, 3.63) is 143 Å². The van der Waals surface area contributed by atoms with Crippen molar-refractivity contribution in [1.82, 2.24) is 0 Å². The number of morpholine rings is 1. The van der Waals surface area contributed by atoms with Crippen LogP contribution >= 0.6 is 0 Å². The summed E-state index contributed by atoms with van der Waals surface area (Å²) >= 11 is 0. The summed E-state index contributed by atoms with van der Waals surface area (Å²) in [6.45, 7) is 19.5. The minimum atomic E-state index is -1.05. The summed E-state index contributed by atoms with van der Waals surface area (Å²) in [5, 5.41) is 12.4. The Hall–Kier alpha value is -6.30. The number of methoxy groups -OCH3 is 1. The number of anilines is 2. The first-order valence-corrected chi connectivity index (χ1v) is 28.5. The molecule has 2 atom stereocenters. The molecule has 5 aromatic rings. The number of carbonyl (C=O) groups excluding carboxylic acids is 1.